The Labute approximate surface area is 156 Å². The first-order chi connectivity index (χ1) is 12.7. The predicted molar refractivity (Wildman–Crippen MR) is 111 cm³/mol. The summed E-state index contributed by atoms with van der Waals surface area (Å²) in [7, 11) is -2.20. The van der Waals surface area contributed by atoms with E-state index in [-0.39, 0.29) is 11.6 Å². The first-order valence-electron chi connectivity index (χ1n) is 8.93. The van der Waals surface area contributed by atoms with Gasteiger partial charge >= 0.3 is 5.97 Å². The first-order valence-corrected chi connectivity index (χ1v) is 10.8. The van der Waals surface area contributed by atoms with Crippen molar-refractivity contribution in [1.29, 1.82) is 0 Å². The molecule has 0 N–H and O–H groups in total. The summed E-state index contributed by atoms with van der Waals surface area (Å²) in [5.74, 6) is -0.141. The van der Waals surface area contributed by atoms with Crippen molar-refractivity contribution in [2.45, 2.75) is 19.5 Å². The zero-order valence-corrected chi connectivity index (χ0v) is 16.1. The van der Waals surface area contributed by atoms with E-state index in [1.807, 2.05) is 68.4 Å². The van der Waals surface area contributed by atoms with Crippen LogP contribution in [0.4, 0.5) is 0 Å². The van der Waals surface area contributed by atoms with E-state index in [1.54, 1.807) is 0 Å². The van der Waals surface area contributed by atoms with Gasteiger partial charge in [0.25, 0.3) is 0 Å². The van der Waals surface area contributed by atoms with Crippen molar-refractivity contribution in [3.05, 3.63) is 91.0 Å². The smallest absolute Gasteiger partial charge is 0.313 e. The molecule has 3 aromatic rings. The average Bonchev–Trinajstić information content (AvgIpc) is 2.71. The standard InChI is InChI=1S/C23H24O2P/c1-3-25-23(24)19(2)26(20-13-7-4-8-14-20,21-15-9-5-10-16-21)22-17-11-6-12-18-22/h4-19H,3H2,1-2H3. The molecule has 0 heterocycles. The van der Waals surface area contributed by atoms with Crippen LogP contribution in [-0.2, 0) is 9.53 Å². The number of carbonyl (C=O) groups is 1. The second-order valence-corrected chi connectivity index (χ2v) is 9.93. The lowest BCUT2D eigenvalue weighted by Gasteiger charge is -2.42. The van der Waals surface area contributed by atoms with Gasteiger partial charge in [-0.15, -0.1) is 0 Å². The van der Waals surface area contributed by atoms with Gasteiger partial charge in [-0.1, -0.05) is 91.0 Å². The van der Waals surface area contributed by atoms with Crippen LogP contribution in [0.2, 0.25) is 0 Å². The van der Waals surface area contributed by atoms with Gasteiger partial charge in [0.1, 0.15) is 0 Å². The van der Waals surface area contributed by atoms with Crippen molar-refractivity contribution >= 4 is 29.1 Å². The topological polar surface area (TPSA) is 26.3 Å². The van der Waals surface area contributed by atoms with Crippen LogP contribution in [0, 0.1) is 0 Å². The second-order valence-electron chi connectivity index (χ2n) is 6.16. The maximum absolute atomic E-state index is 12.9. The fourth-order valence-corrected chi connectivity index (χ4v) is 8.08. The highest BCUT2D eigenvalue weighted by Crippen LogP contribution is 2.59. The molecule has 2 nitrogen and oxygen atoms in total. The molecular weight excluding hydrogens is 339 g/mol. The van der Waals surface area contributed by atoms with E-state index in [0.717, 1.165) is 0 Å². The second kappa shape index (κ2) is 8.29. The summed E-state index contributed by atoms with van der Waals surface area (Å²) in [6, 6.07) is 31.2. The van der Waals surface area contributed by atoms with Crippen LogP contribution in [0.1, 0.15) is 13.8 Å². The van der Waals surface area contributed by atoms with Gasteiger partial charge in [0, 0.05) is 0 Å². The highest BCUT2D eigenvalue weighted by Gasteiger charge is 2.43. The molecule has 3 heteroatoms. The zero-order chi connectivity index (χ0) is 18.4. The van der Waals surface area contributed by atoms with E-state index in [2.05, 4.69) is 36.4 Å². The number of esters is 1. The average molecular weight is 363 g/mol. The normalized spacial score (nSPS) is 12.4. The maximum Gasteiger partial charge on any atom is 0.313 e. The van der Waals surface area contributed by atoms with Crippen LogP contribution < -0.4 is 15.9 Å². The van der Waals surface area contributed by atoms with Gasteiger partial charge in [0.2, 0.25) is 0 Å². The molecule has 0 saturated carbocycles. The monoisotopic (exact) mass is 363 g/mol. The summed E-state index contributed by atoms with van der Waals surface area (Å²) in [5, 5.41) is 3.58. The molecule has 0 bridgehead atoms. The van der Waals surface area contributed by atoms with E-state index >= 15 is 0 Å². The molecule has 1 unspecified atom stereocenters. The molecule has 1 radical (unpaired) electrons. The first kappa shape index (κ1) is 18.4. The Morgan fingerprint density at radius 2 is 1.12 bits per heavy atom. The fourth-order valence-electron chi connectivity index (χ4n) is 3.53. The third-order valence-electron chi connectivity index (χ3n) is 4.70. The van der Waals surface area contributed by atoms with Crippen LogP contribution >= 0.6 is 7.26 Å². The van der Waals surface area contributed by atoms with Crippen molar-refractivity contribution in [2.24, 2.45) is 0 Å². The van der Waals surface area contributed by atoms with Gasteiger partial charge in [0.05, 0.1) is 12.3 Å². The molecule has 0 amide bonds. The summed E-state index contributed by atoms with van der Waals surface area (Å²) < 4.78 is 5.46. The highest BCUT2D eigenvalue weighted by atomic mass is 31.2. The predicted octanol–water partition coefficient (Wildman–Crippen LogP) is 3.93. The molecule has 1 atom stereocenters. The molecule has 0 saturated heterocycles. The summed E-state index contributed by atoms with van der Waals surface area (Å²) in [4.78, 5) is 12.9. The molecule has 0 aliphatic heterocycles. The lowest BCUT2D eigenvalue weighted by Crippen LogP contribution is -2.41. The van der Waals surface area contributed by atoms with Gasteiger partial charge in [-0.2, -0.15) is 0 Å². The van der Waals surface area contributed by atoms with E-state index in [1.165, 1.54) is 15.9 Å². The number of rotatable bonds is 6. The number of benzene rings is 3. The molecule has 3 aromatic carbocycles. The van der Waals surface area contributed by atoms with E-state index in [9.17, 15) is 4.79 Å². The van der Waals surface area contributed by atoms with E-state index < -0.39 is 7.26 Å². The van der Waals surface area contributed by atoms with Crippen molar-refractivity contribution in [2.75, 3.05) is 6.61 Å². The maximum atomic E-state index is 12.9. The minimum Gasteiger partial charge on any atom is -0.465 e. The van der Waals surface area contributed by atoms with Gasteiger partial charge in [-0.25, -0.2) is 0 Å². The quantitative estimate of drug-likeness (QED) is 0.490. The van der Waals surface area contributed by atoms with Crippen LogP contribution in [0.3, 0.4) is 0 Å². The molecule has 3 rings (SSSR count). The van der Waals surface area contributed by atoms with Gasteiger partial charge in [0.15, 0.2) is 0 Å². The highest BCUT2D eigenvalue weighted by molar-refractivity contribution is 7.96. The summed E-state index contributed by atoms with van der Waals surface area (Å²) in [5.41, 5.74) is -0.269. The minimum atomic E-state index is -2.20. The lowest BCUT2D eigenvalue weighted by molar-refractivity contribution is -0.142. The fraction of sp³-hybridized carbons (Fsp3) is 0.174. The Hall–Kier alpha value is -2.44. The van der Waals surface area contributed by atoms with E-state index in [0.29, 0.717) is 6.61 Å². The molecule has 0 aromatic heterocycles. The Morgan fingerprint density at radius 3 is 1.42 bits per heavy atom. The van der Waals surface area contributed by atoms with Gasteiger partial charge in [-0.3, -0.25) is 4.79 Å². The van der Waals surface area contributed by atoms with Crippen LogP contribution in [0.5, 0.6) is 0 Å². The van der Waals surface area contributed by atoms with Gasteiger partial charge < -0.3 is 4.74 Å². The Kier molecular flexibility index (Phi) is 5.85. The number of ether oxygens (including phenoxy) is 1. The largest absolute Gasteiger partial charge is 0.465 e. The third kappa shape index (κ3) is 3.30. The van der Waals surface area contributed by atoms with Crippen LogP contribution in [0.25, 0.3) is 0 Å². The molecule has 0 fully saturated rings. The van der Waals surface area contributed by atoms with Crippen molar-refractivity contribution in [3.8, 4) is 0 Å². The van der Waals surface area contributed by atoms with Gasteiger partial charge in [-0.05, 0) is 37.0 Å². The summed E-state index contributed by atoms with van der Waals surface area (Å²) >= 11 is 0. The molecule has 0 aliphatic carbocycles. The van der Waals surface area contributed by atoms with E-state index in [4.69, 9.17) is 4.74 Å². The third-order valence-corrected chi connectivity index (χ3v) is 9.41. The Balaban J connectivity index is 2.33. The molecule has 0 aliphatic rings. The summed E-state index contributed by atoms with van der Waals surface area (Å²) in [6.07, 6.45) is 0. The summed E-state index contributed by atoms with van der Waals surface area (Å²) in [6.45, 7) is 4.26. The zero-order valence-electron chi connectivity index (χ0n) is 15.2. The lowest BCUT2D eigenvalue weighted by atomic mass is 10.3. The number of carbonyl (C=O) groups excluding carboxylic acids is 1. The van der Waals surface area contributed by atoms with Crippen molar-refractivity contribution in [3.63, 3.8) is 0 Å². The Morgan fingerprint density at radius 1 is 0.769 bits per heavy atom. The molecular formula is C23H24O2P. The SMILES string of the molecule is CCOC(=O)C(C)[P](c1ccccc1)(c1ccccc1)c1ccccc1. The molecule has 133 valence electrons. The van der Waals surface area contributed by atoms with Crippen LogP contribution in [0.15, 0.2) is 91.0 Å². The minimum absolute atomic E-state index is 0.141. The number of hydrogen-bond acceptors (Lipinski definition) is 2. The molecule has 0 spiro atoms. The number of hydrogen-bond donors (Lipinski definition) is 0. The van der Waals surface area contributed by atoms with Crippen LogP contribution in [-0.4, -0.2) is 18.2 Å². The molecule has 26 heavy (non-hydrogen) atoms. The van der Waals surface area contributed by atoms with Crippen molar-refractivity contribution < 1.29 is 9.53 Å². The van der Waals surface area contributed by atoms with Crippen molar-refractivity contribution in [1.82, 2.24) is 0 Å². The Bertz CT molecular complexity index is 735.